The molecule has 0 heterocycles. The van der Waals surface area contributed by atoms with Crippen LogP contribution in [0.15, 0.2) is 30.3 Å². The number of benzene rings is 1. The molecule has 1 N–H and O–H groups in total. The number of carbonyl (C=O) groups excluding carboxylic acids is 1. The van der Waals surface area contributed by atoms with Gasteiger partial charge >= 0.3 is 5.97 Å². The van der Waals surface area contributed by atoms with Gasteiger partial charge in [-0.1, -0.05) is 24.1 Å². The van der Waals surface area contributed by atoms with Crippen LogP contribution in [0.1, 0.15) is 26.3 Å². The first-order valence-corrected chi connectivity index (χ1v) is 6.01. The average molecular weight is 259 g/mol. The van der Waals surface area contributed by atoms with Crippen molar-refractivity contribution in [1.29, 1.82) is 0 Å². The largest absolute Gasteiger partial charge is 0.480 e. The third-order valence-corrected chi connectivity index (χ3v) is 2.85. The molecule has 19 heavy (non-hydrogen) atoms. The van der Waals surface area contributed by atoms with Crippen LogP contribution in [0.25, 0.3) is 0 Å². The maximum Gasteiger partial charge on any atom is 0.329 e. The molecule has 4 nitrogen and oxygen atoms in total. The van der Waals surface area contributed by atoms with Gasteiger partial charge in [0.05, 0.1) is 0 Å². The Labute approximate surface area is 113 Å². The Morgan fingerprint density at radius 2 is 1.84 bits per heavy atom. The van der Waals surface area contributed by atoms with E-state index in [4.69, 9.17) is 5.11 Å². The van der Waals surface area contributed by atoms with E-state index in [1.807, 2.05) is 18.2 Å². The number of nitrogens with zero attached hydrogens (tertiary/aromatic N) is 1. The molecule has 1 rings (SSSR count). The van der Waals surface area contributed by atoms with Gasteiger partial charge in [-0.3, -0.25) is 4.79 Å². The summed E-state index contributed by atoms with van der Waals surface area (Å²) in [5.41, 5.74) is -0.544. The number of aliphatic carboxylic acids is 1. The third kappa shape index (κ3) is 3.59. The summed E-state index contributed by atoms with van der Waals surface area (Å²) in [6.45, 7) is 5.00. The van der Waals surface area contributed by atoms with Gasteiger partial charge in [-0.2, -0.15) is 0 Å². The Hall–Kier alpha value is -2.28. The Morgan fingerprint density at radius 3 is 2.32 bits per heavy atom. The van der Waals surface area contributed by atoms with Crippen LogP contribution in [0.4, 0.5) is 0 Å². The van der Waals surface area contributed by atoms with Gasteiger partial charge in [-0.05, 0) is 32.9 Å². The molecule has 100 valence electrons. The fourth-order valence-corrected chi connectivity index (χ4v) is 1.62. The normalized spacial score (nSPS) is 10.3. The summed E-state index contributed by atoms with van der Waals surface area (Å²) in [6.07, 6.45) is 0. The number of carbonyl (C=O) groups is 2. The third-order valence-electron chi connectivity index (χ3n) is 2.85. The van der Waals surface area contributed by atoms with Gasteiger partial charge in [0.15, 0.2) is 0 Å². The summed E-state index contributed by atoms with van der Waals surface area (Å²) in [5.74, 6) is 3.68. The summed E-state index contributed by atoms with van der Waals surface area (Å²) < 4.78 is 0. The molecule has 0 aliphatic heterocycles. The Morgan fingerprint density at radius 1 is 1.26 bits per heavy atom. The molecule has 0 aromatic heterocycles. The van der Waals surface area contributed by atoms with Gasteiger partial charge < -0.3 is 10.0 Å². The van der Waals surface area contributed by atoms with E-state index in [9.17, 15) is 9.59 Å². The highest BCUT2D eigenvalue weighted by Crippen LogP contribution is 2.14. The van der Waals surface area contributed by atoms with E-state index < -0.39 is 17.4 Å². The molecule has 4 heteroatoms. The fourth-order valence-electron chi connectivity index (χ4n) is 1.62. The van der Waals surface area contributed by atoms with Gasteiger partial charge in [-0.25, -0.2) is 4.79 Å². The number of carboxylic acids is 1. The minimum Gasteiger partial charge on any atom is -0.480 e. The SMILES string of the molecule is CCN(C(=O)C#Cc1ccccc1)C(C)(C)C(=O)O. The molecule has 1 amide bonds. The van der Waals surface area contributed by atoms with Crippen molar-refractivity contribution in [3.63, 3.8) is 0 Å². The van der Waals surface area contributed by atoms with E-state index in [0.717, 1.165) is 5.56 Å². The van der Waals surface area contributed by atoms with Crippen molar-refractivity contribution in [2.24, 2.45) is 0 Å². The smallest absolute Gasteiger partial charge is 0.329 e. The van der Waals surface area contributed by atoms with E-state index in [0.29, 0.717) is 6.54 Å². The van der Waals surface area contributed by atoms with Gasteiger partial charge in [0.2, 0.25) is 0 Å². The molecule has 0 radical (unpaired) electrons. The van der Waals surface area contributed by atoms with Crippen molar-refractivity contribution in [3.05, 3.63) is 35.9 Å². The second kappa shape index (κ2) is 6.05. The van der Waals surface area contributed by atoms with E-state index in [-0.39, 0.29) is 0 Å². The molecule has 0 fully saturated rings. The molecule has 0 spiro atoms. The second-order valence-corrected chi connectivity index (χ2v) is 4.53. The highest BCUT2D eigenvalue weighted by atomic mass is 16.4. The van der Waals surface area contributed by atoms with Gasteiger partial charge in [0.1, 0.15) is 5.54 Å². The Balaban J connectivity index is 2.94. The monoisotopic (exact) mass is 259 g/mol. The molecule has 0 atom stereocenters. The van der Waals surface area contributed by atoms with E-state index >= 15 is 0 Å². The van der Waals surface area contributed by atoms with Crippen molar-refractivity contribution in [1.82, 2.24) is 4.90 Å². The van der Waals surface area contributed by atoms with Crippen LogP contribution >= 0.6 is 0 Å². The van der Waals surface area contributed by atoms with Crippen LogP contribution in [-0.4, -0.2) is 34.0 Å². The maximum atomic E-state index is 12.0. The van der Waals surface area contributed by atoms with Crippen LogP contribution in [0.2, 0.25) is 0 Å². The summed E-state index contributed by atoms with van der Waals surface area (Å²) >= 11 is 0. The minimum atomic E-state index is -1.27. The van der Waals surface area contributed by atoms with Crippen molar-refractivity contribution in [3.8, 4) is 11.8 Å². The Bertz CT molecular complexity index is 523. The standard InChI is InChI=1S/C15H17NO3/c1-4-16(15(2,3)14(18)19)13(17)11-10-12-8-6-5-7-9-12/h5-9H,4H2,1-3H3,(H,18,19). The topological polar surface area (TPSA) is 57.6 Å². The first-order valence-electron chi connectivity index (χ1n) is 6.01. The van der Waals surface area contributed by atoms with Crippen LogP contribution in [-0.2, 0) is 9.59 Å². The average Bonchev–Trinajstić information content (AvgIpc) is 2.38. The molecule has 1 aromatic carbocycles. The van der Waals surface area contributed by atoms with Crippen LogP contribution in [0, 0.1) is 11.8 Å². The van der Waals surface area contributed by atoms with Gasteiger partial charge in [-0.15, -0.1) is 0 Å². The minimum absolute atomic E-state index is 0.293. The van der Waals surface area contributed by atoms with E-state index in [2.05, 4.69) is 11.8 Å². The molecular weight excluding hydrogens is 242 g/mol. The number of likely N-dealkylation sites (N-methyl/N-ethyl adjacent to an activating group) is 1. The molecule has 0 unspecified atom stereocenters. The molecular formula is C15H17NO3. The molecule has 0 saturated heterocycles. The predicted octanol–water partition coefficient (Wildman–Crippen LogP) is 1.75. The lowest BCUT2D eigenvalue weighted by molar-refractivity contribution is -0.154. The van der Waals surface area contributed by atoms with E-state index in [1.165, 1.54) is 18.7 Å². The molecule has 0 bridgehead atoms. The number of rotatable bonds is 3. The van der Waals surface area contributed by atoms with Crippen LogP contribution in [0.3, 0.4) is 0 Å². The summed E-state index contributed by atoms with van der Waals surface area (Å²) in [6, 6.07) is 9.09. The van der Waals surface area contributed by atoms with Crippen molar-refractivity contribution in [2.45, 2.75) is 26.3 Å². The van der Waals surface area contributed by atoms with Crippen molar-refractivity contribution in [2.75, 3.05) is 6.54 Å². The van der Waals surface area contributed by atoms with E-state index in [1.54, 1.807) is 19.1 Å². The summed E-state index contributed by atoms with van der Waals surface area (Å²) in [5, 5.41) is 9.13. The second-order valence-electron chi connectivity index (χ2n) is 4.53. The Kier molecular flexibility index (Phi) is 4.71. The van der Waals surface area contributed by atoms with Gasteiger partial charge in [0.25, 0.3) is 5.91 Å². The quantitative estimate of drug-likeness (QED) is 0.841. The lowest BCUT2D eigenvalue weighted by Crippen LogP contribution is -2.52. The molecule has 0 saturated carbocycles. The molecule has 0 aliphatic rings. The highest BCUT2D eigenvalue weighted by molar-refractivity contribution is 5.97. The number of carboxylic acid groups (broad SMARTS) is 1. The number of hydrogen-bond acceptors (Lipinski definition) is 2. The molecule has 0 aliphatic carbocycles. The van der Waals surface area contributed by atoms with Crippen molar-refractivity contribution >= 4 is 11.9 Å². The summed E-state index contributed by atoms with van der Waals surface area (Å²) in [4.78, 5) is 24.4. The number of hydrogen-bond donors (Lipinski definition) is 1. The fraction of sp³-hybridized carbons (Fsp3) is 0.333. The number of amides is 1. The zero-order chi connectivity index (χ0) is 14.5. The van der Waals surface area contributed by atoms with Crippen molar-refractivity contribution < 1.29 is 14.7 Å². The zero-order valence-electron chi connectivity index (χ0n) is 11.3. The predicted molar refractivity (Wildman–Crippen MR) is 72.4 cm³/mol. The summed E-state index contributed by atoms with van der Waals surface area (Å²) in [7, 11) is 0. The lowest BCUT2D eigenvalue weighted by atomic mass is 10.0. The van der Waals surface area contributed by atoms with Gasteiger partial charge in [0, 0.05) is 18.0 Å². The van der Waals surface area contributed by atoms with Crippen LogP contribution < -0.4 is 0 Å². The maximum absolute atomic E-state index is 12.0. The first-order chi connectivity index (χ1) is 8.89. The zero-order valence-corrected chi connectivity index (χ0v) is 11.3. The first kappa shape index (κ1) is 14.8. The van der Waals surface area contributed by atoms with Crippen LogP contribution in [0.5, 0.6) is 0 Å². The lowest BCUT2D eigenvalue weighted by Gasteiger charge is -2.32. The highest BCUT2D eigenvalue weighted by Gasteiger charge is 2.36. The molecule has 1 aromatic rings.